The Hall–Kier alpha value is -3.34. The molecule has 2 aromatic heterocycles. The number of aliphatic hydroxyl groups excluding tert-OH is 1. The first-order valence-electron chi connectivity index (χ1n) is 10.3. The van der Waals surface area contributed by atoms with Crippen LogP contribution in [0, 0.1) is 11.8 Å². The summed E-state index contributed by atoms with van der Waals surface area (Å²) >= 11 is 0. The van der Waals surface area contributed by atoms with Gasteiger partial charge in [0.2, 0.25) is 0 Å². The first kappa shape index (κ1) is 18.7. The normalized spacial score (nSPS) is 26.8. The van der Waals surface area contributed by atoms with Crippen molar-refractivity contribution < 1.29 is 9.90 Å². The van der Waals surface area contributed by atoms with E-state index in [0.29, 0.717) is 17.8 Å². The second-order valence-corrected chi connectivity index (χ2v) is 8.27. The van der Waals surface area contributed by atoms with Crippen LogP contribution in [0.1, 0.15) is 36.6 Å². The fourth-order valence-corrected chi connectivity index (χ4v) is 5.40. The van der Waals surface area contributed by atoms with Crippen LogP contribution in [0.5, 0.6) is 0 Å². The number of ketones is 1. The first-order valence-corrected chi connectivity index (χ1v) is 10.3. The van der Waals surface area contributed by atoms with Crippen molar-refractivity contribution in [3.8, 4) is 11.4 Å². The van der Waals surface area contributed by atoms with Gasteiger partial charge in [0, 0.05) is 41.1 Å². The second kappa shape index (κ2) is 7.17. The topological polar surface area (TPSA) is 76.0 Å². The van der Waals surface area contributed by atoms with E-state index in [1.807, 2.05) is 43.5 Å². The molecule has 0 unspecified atom stereocenters. The average molecular weight is 397 g/mol. The van der Waals surface area contributed by atoms with Crippen LogP contribution < -0.4 is 0 Å². The molecule has 1 saturated carbocycles. The van der Waals surface area contributed by atoms with Crippen molar-refractivity contribution >= 4 is 5.78 Å². The zero-order valence-corrected chi connectivity index (χ0v) is 16.8. The highest BCUT2D eigenvalue weighted by Crippen LogP contribution is 2.55. The molecule has 0 saturated heterocycles. The third-order valence-electron chi connectivity index (χ3n) is 6.83. The van der Waals surface area contributed by atoms with Crippen molar-refractivity contribution in [2.75, 3.05) is 0 Å². The van der Waals surface area contributed by atoms with Crippen LogP contribution in [-0.4, -0.2) is 25.8 Å². The lowest BCUT2D eigenvalue weighted by Crippen LogP contribution is -2.51. The number of nitrogens with zero attached hydrogens (tertiary/aromatic N) is 3. The predicted molar refractivity (Wildman–Crippen MR) is 114 cm³/mol. The molecule has 5 rings (SSSR count). The van der Waals surface area contributed by atoms with Gasteiger partial charge in [0.05, 0.1) is 12.0 Å². The number of hydrogen-bond donors (Lipinski definition) is 1. The van der Waals surface area contributed by atoms with Gasteiger partial charge in [0.25, 0.3) is 0 Å². The van der Waals surface area contributed by atoms with Gasteiger partial charge in [-0.05, 0) is 48.4 Å². The quantitative estimate of drug-likeness (QED) is 0.511. The summed E-state index contributed by atoms with van der Waals surface area (Å²) in [6.07, 6.45) is 8.60. The number of rotatable bonds is 2. The lowest BCUT2D eigenvalue weighted by atomic mass is 9.52. The number of aliphatic hydroxyl groups is 1. The third-order valence-corrected chi connectivity index (χ3v) is 6.83. The summed E-state index contributed by atoms with van der Waals surface area (Å²) in [4.78, 5) is 26.7. The van der Waals surface area contributed by atoms with E-state index in [1.165, 1.54) is 0 Å². The maximum absolute atomic E-state index is 12.9. The highest BCUT2D eigenvalue weighted by molar-refractivity contribution is 5.98. The fourth-order valence-electron chi connectivity index (χ4n) is 5.40. The number of benzene rings is 1. The third kappa shape index (κ3) is 2.69. The molecule has 5 heteroatoms. The highest BCUT2D eigenvalue weighted by atomic mass is 16.2. The van der Waals surface area contributed by atoms with Crippen molar-refractivity contribution in [3.63, 3.8) is 0 Å². The van der Waals surface area contributed by atoms with Gasteiger partial charge in [-0.25, -0.2) is 9.97 Å². The molecule has 0 radical (unpaired) electrons. The van der Waals surface area contributed by atoms with E-state index in [-0.39, 0.29) is 17.6 Å². The molecule has 150 valence electrons. The molecule has 2 aliphatic rings. The summed E-state index contributed by atoms with van der Waals surface area (Å²) in [5.41, 5.74) is 4.14. The molecule has 0 aliphatic heterocycles. The van der Waals surface area contributed by atoms with Crippen molar-refractivity contribution in [2.45, 2.75) is 31.6 Å². The molecule has 3 aromatic rings. The minimum Gasteiger partial charge on any atom is -0.515 e. The molecule has 0 spiro atoms. The Bertz CT molecular complexity index is 1130. The van der Waals surface area contributed by atoms with E-state index in [1.54, 1.807) is 12.4 Å². The maximum Gasteiger partial charge on any atom is 0.165 e. The molecule has 1 fully saturated rings. The monoisotopic (exact) mass is 397 g/mol. The van der Waals surface area contributed by atoms with E-state index in [9.17, 15) is 9.90 Å². The van der Waals surface area contributed by atoms with Crippen molar-refractivity contribution in [1.82, 2.24) is 15.0 Å². The number of carbonyl (C=O) groups excluding carboxylic acids is 1. The maximum atomic E-state index is 12.9. The lowest BCUT2D eigenvalue weighted by molar-refractivity contribution is -0.123. The summed E-state index contributed by atoms with van der Waals surface area (Å²) in [5, 5.41) is 9.89. The Balaban J connectivity index is 1.78. The molecule has 3 atom stereocenters. The Morgan fingerprint density at radius 3 is 2.63 bits per heavy atom. The molecule has 0 amide bonds. The summed E-state index contributed by atoms with van der Waals surface area (Å²) in [5.74, 6) is 0.626. The van der Waals surface area contributed by atoms with Crippen LogP contribution in [0.2, 0.25) is 0 Å². The zero-order chi connectivity index (χ0) is 20.7. The largest absolute Gasteiger partial charge is 0.515 e. The van der Waals surface area contributed by atoms with Crippen molar-refractivity contribution in [3.05, 3.63) is 89.7 Å². The Morgan fingerprint density at radius 1 is 1.13 bits per heavy atom. The van der Waals surface area contributed by atoms with Crippen LogP contribution in [0.15, 0.2) is 72.9 Å². The standard InChI is InChI=1S/C25H23N3O2/c1-16-21-8-7-18-14-27-24(17-9-11-26-12-10-17)28-23(18)25(21,13-19(15-29)22(16)30)20-5-3-2-4-6-20/h2-6,9-12,14-16,21,29H,7-8,13H2,1H3/t16-,21-,25+/m0/s1. The number of hydrogen-bond acceptors (Lipinski definition) is 5. The van der Waals surface area contributed by atoms with Gasteiger partial charge in [-0.3, -0.25) is 9.78 Å². The Labute approximate surface area is 175 Å². The van der Waals surface area contributed by atoms with Gasteiger partial charge in [-0.1, -0.05) is 37.3 Å². The molecular weight excluding hydrogens is 374 g/mol. The minimum absolute atomic E-state index is 0.0425. The lowest BCUT2D eigenvalue weighted by Gasteiger charge is -2.50. The van der Waals surface area contributed by atoms with E-state index in [2.05, 4.69) is 22.1 Å². The summed E-state index contributed by atoms with van der Waals surface area (Å²) in [6, 6.07) is 14.1. The number of carbonyl (C=O) groups is 1. The van der Waals surface area contributed by atoms with Gasteiger partial charge in [-0.2, -0.15) is 0 Å². The van der Waals surface area contributed by atoms with Crippen LogP contribution in [0.3, 0.4) is 0 Å². The number of aromatic nitrogens is 3. The van der Waals surface area contributed by atoms with Gasteiger partial charge in [0.15, 0.2) is 11.6 Å². The number of allylic oxidation sites excluding steroid dienone is 1. The van der Waals surface area contributed by atoms with Gasteiger partial charge >= 0.3 is 0 Å². The van der Waals surface area contributed by atoms with Crippen LogP contribution in [-0.2, 0) is 16.6 Å². The average Bonchev–Trinajstić information content (AvgIpc) is 2.82. The predicted octanol–water partition coefficient (Wildman–Crippen LogP) is 4.44. The van der Waals surface area contributed by atoms with Gasteiger partial charge < -0.3 is 5.11 Å². The molecule has 30 heavy (non-hydrogen) atoms. The molecule has 1 aromatic carbocycles. The zero-order valence-electron chi connectivity index (χ0n) is 16.8. The Morgan fingerprint density at radius 2 is 1.90 bits per heavy atom. The molecule has 2 aliphatic carbocycles. The van der Waals surface area contributed by atoms with Gasteiger partial charge in [-0.15, -0.1) is 0 Å². The summed E-state index contributed by atoms with van der Waals surface area (Å²) < 4.78 is 0. The van der Waals surface area contributed by atoms with Crippen molar-refractivity contribution in [1.29, 1.82) is 0 Å². The SMILES string of the molecule is C[C@@H]1C(=O)C(=CO)C[C@]2(c3ccccc3)c3nc(-c4ccncc4)ncc3CC[C@@H]12. The van der Waals surface area contributed by atoms with E-state index < -0.39 is 5.41 Å². The highest BCUT2D eigenvalue weighted by Gasteiger charge is 2.54. The summed E-state index contributed by atoms with van der Waals surface area (Å²) in [7, 11) is 0. The molecular formula is C25H23N3O2. The molecule has 5 nitrogen and oxygen atoms in total. The van der Waals surface area contributed by atoms with E-state index >= 15 is 0 Å². The Kier molecular flexibility index (Phi) is 4.46. The smallest absolute Gasteiger partial charge is 0.165 e. The van der Waals surface area contributed by atoms with Crippen LogP contribution in [0.4, 0.5) is 0 Å². The first-order chi connectivity index (χ1) is 14.6. The number of aryl methyl sites for hydroxylation is 1. The number of fused-ring (bicyclic) bond motifs is 3. The molecule has 1 N–H and O–H groups in total. The van der Waals surface area contributed by atoms with Crippen LogP contribution >= 0.6 is 0 Å². The summed E-state index contributed by atoms with van der Waals surface area (Å²) in [6.45, 7) is 1.99. The van der Waals surface area contributed by atoms with Gasteiger partial charge in [0.1, 0.15) is 0 Å². The van der Waals surface area contributed by atoms with Crippen LogP contribution in [0.25, 0.3) is 11.4 Å². The second-order valence-electron chi connectivity index (χ2n) is 8.27. The molecule has 2 heterocycles. The minimum atomic E-state index is -0.471. The molecule has 0 bridgehead atoms. The fraction of sp³-hybridized carbons (Fsp3) is 0.280. The van der Waals surface area contributed by atoms with E-state index in [0.717, 1.165) is 41.5 Å². The van der Waals surface area contributed by atoms with Crippen molar-refractivity contribution in [2.24, 2.45) is 11.8 Å². The number of pyridine rings is 1. The van der Waals surface area contributed by atoms with E-state index in [4.69, 9.17) is 4.98 Å². The number of Topliss-reactive ketones (excluding diaryl/α,β-unsaturated/α-hetero) is 1.